The summed E-state index contributed by atoms with van der Waals surface area (Å²) in [5.41, 5.74) is 2.54. The second-order valence-corrected chi connectivity index (χ2v) is 12.7. The Labute approximate surface area is 297 Å². The number of aliphatic carboxylic acids is 1. The molecule has 0 spiro atoms. The summed E-state index contributed by atoms with van der Waals surface area (Å²) in [6.45, 7) is 6.60. The fraction of sp³-hybridized carbons (Fsp3) is 0.282. The minimum absolute atomic E-state index is 0. The summed E-state index contributed by atoms with van der Waals surface area (Å²) in [5.74, 6) is -1.77. The Morgan fingerprint density at radius 1 is 0.878 bits per heavy atom. The van der Waals surface area contributed by atoms with E-state index in [0.717, 1.165) is 18.5 Å². The molecular weight excluding hydrogens is 663 g/mol. The van der Waals surface area contributed by atoms with Crippen LogP contribution in [0.25, 0.3) is 0 Å². The summed E-state index contributed by atoms with van der Waals surface area (Å²) in [6.07, 6.45) is 0.783. The van der Waals surface area contributed by atoms with Crippen LogP contribution < -0.4 is 15.5 Å². The van der Waals surface area contributed by atoms with Crippen LogP contribution in [-0.4, -0.2) is 52.8 Å². The average molecular weight is 703 g/mol. The van der Waals surface area contributed by atoms with Crippen LogP contribution in [-0.2, 0) is 32.6 Å². The normalized spacial score (nSPS) is 16.7. The Morgan fingerprint density at radius 2 is 1.47 bits per heavy atom. The molecule has 3 atom stereocenters. The van der Waals surface area contributed by atoms with Crippen molar-refractivity contribution in [1.29, 1.82) is 0 Å². The number of carboxylic acid groups (broad SMARTS) is 1. The summed E-state index contributed by atoms with van der Waals surface area (Å²) in [5, 5.41) is 29.4. The number of nitrogens with one attached hydrogen (secondary N) is 1. The van der Waals surface area contributed by atoms with Crippen LogP contribution in [0.3, 0.4) is 0 Å². The molecule has 1 fully saturated rings. The van der Waals surface area contributed by atoms with Crippen LogP contribution in [0.15, 0.2) is 125 Å². The van der Waals surface area contributed by atoms with Crippen LogP contribution in [0.1, 0.15) is 61.9 Å². The zero-order chi connectivity index (χ0) is 34.1. The number of ether oxygens (including phenoxy) is 1. The Kier molecular flexibility index (Phi) is 12.9. The van der Waals surface area contributed by atoms with Crippen molar-refractivity contribution in [3.05, 3.63) is 138 Å². The molecule has 4 aromatic carbocycles. The maximum absolute atomic E-state index is 13.8. The number of benzene rings is 4. The van der Waals surface area contributed by atoms with Crippen molar-refractivity contribution in [2.24, 2.45) is 9.98 Å². The Bertz CT molecular complexity index is 1740. The number of hydrogen-bond acceptors (Lipinski definition) is 8. The van der Waals surface area contributed by atoms with Crippen molar-refractivity contribution < 1.29 is 41.0 Å². The van der Waals surface area contributed by atoms with Crippen LogP contribution >= 0.6 is 0 Å². The Balaban J connectivity index is 0.00000541. The number of likely N-dealkylation sites (tertiary alicyclic amines) is 1. The van der Waals surface area contributed by atoms with Gasteiger partial charge in [0.2, 0.25) is 0 Å². The van der Waals surface area contributed by atoms with Crippen molar-refractivity contribution in [3.63, 3.8) is 0 Å². The molecule has 9 nitrogen and oxygen atoms in total. The van der Waals surface area contributed by atoms with Crippen LogP contribution in [0.5, 0.6) is 0 Å². The van der Waals surface area contributed by atoms with Crippen LogP contribution in [0.4, 0.5) is 10.5 Å². The molecule has 0 saturated carbocycles. The quantitative estimate of drug-likeness (QED) is 0.134. The third-order valence-corrected chi connectivity index (χ3v) is 7.97. The summed E-state index contributed by atoms with van der Waals surface area (Å²) in [7, 11) is 0. The van der Waals surface area contributed by atoms with Gasteiger partial charge in [0.15, 0.2) is 0 Å². The van der Waals surface area contributed by atoms with Crippen LogP contribution in [0.2, 0.25) is 0 Å². The largest absolute Gasteiger partial charge is 2.00 e. The monoisotopic (exact) mass is 702 g/mol. The van der Waals surface area contributed by atoms with E-state index < -0.39 is 29.7 Å². The SMILES string of the molecule is CC(C)(C)OC(=O)N[C@@H](c1ccccc1)[C@@H](N=C(c1ccccc1)c1ccccc1N=C([O-])[C@H]1CCCN1Cc1ccccc1)C(=O)[O-].[Ni+2]. The number of amides is 1. The molecule has 0 bridgehead atoms. The molecule has 0 aromatic heterocycles. The third kappa shape index (κ3) is 10.1. The van der Waals surface area contributed by atoms with E-state index in [0.29, 0.717) is 35.3 Å². The maximum atomic E-state index is 13.8. The molecule has 1 saturated heterocycles. The van der Waals surface area contributed by atoms with Crippen molar-refractivity contribution >= 4 is 29.4 Å². The molecule has 1 aliphatic heterocycles. The first-order valence-electron chi connectivity index (χ1n) is 16.1. The minimum Gasteiger partial charge on any atom is -0.861 e. The molecule has 0 radical (unpaired) electrons. The van der Waals surface area contributed by atoms with E-state index in [-0.39, 0.29) is 34.1 Å². The van der Waals surface area contributed by atoms with Crippen molar-refractivity contribution in [2.75, 3.05) is 6.54 Å². The fourth-order valence-electron chi connectivity index (χ4n) is 5.82. The summed E-state index contributed by atoms with van der Waals surface area (Å²) < 4.78 is 5.48. The zero-order valence-corrected chi connectivity index (χ0v) is 28.7. The molecule has 4 aromatic rings. The van der Waals surface area contributed by atoms with Crippen molar-refractivity contribution in [3.8, 4) is 0 Å². The first-order valence-corrected chi connectivity index (χ1v) is 16.1. The van der Waals surface area contributed by atoms with Gasteiger partial charge in [0.25, 0.3) is 0 Å². The number of carboxylic acids is 1. The number of para-hydroxylation sites is 1. The van der Waals surface area contributed by atoms with Crippen molar-refractivity contribution in [1.82, 2.24) is 10.2 Å². The predicted octanol–water partition coefficient (Wildman–Crippen LogP) is 4.96. The minimum atomic E-state index is -1.57. The first kappa shape index (κ1) is 37.0. The standard InChI is InChI=1S/C39H42N4O5.Ni/c1-39(2,3)48-38(47)42-34(29-20-11-6-12-21-29)35(37(45)46)41-33(28-18-9-5-10-19-28)30-22-13-14-23-31(30)40-36(44)32-24-15-25-43(32)26-27-16-7-4-8-17-27;/h4-14,16-23,32,34-35H,15,24-26H2,1-3H3,(H,40,44)(H,42,47)(H,45,46);/q;+2/p-2/t32-,34+,35-;/m1./s1. The maximum Gasteiger partial charge on any atom is 2.00 e. The molecule has 0 unspecified atom stereocenters. The number of hydrogen-bond donors (Lipinski definition) is 1. The van der Waals surface area contributed by atoms with E-state index in [4.69, 9.17) is 9.73 Å². The summed E-state index contributed by atoms with van der Waals surface area (Å²) >= 11 is 0. The van der Waals surface area contributed by atoms with Gasteiger partial charge >= 0.3 is 22.6 Å². The van der Waals surface area contributed by atoms with Gasteiger partial charge in [-0.3, -0.25) is 14.9 Å². The number of rotatable bonds is 11. The van der Waals surface area contributed by atoms with E-state index in [2.05, 4.69) is 15.2 Å². The third-order valence-electron chi connectivity index (χ3n) is 7.97. The number of nitrogens with zero attached hydrogens (tertiary/aromatic N) is 3. The van der Waals surface area contributed by atoms with Gasteiger partial charge in [0, 0.05) is 23.7 Å². The van der Waals surface area contributed by atoms with Crippen LogP contribution in [0, 0.1) is 0 Å². The van der Waals surface area contributed by atoms with Gasteiger partial charge in [-0.15, -0.1) is 0 Å². The number of carbonyl (C=O) groups excluding carboxylic acids is 2. The van der Waals surface area contributed by atoms with E-state index in [1.54, 1.807) is 87.5 Å². The predicted molar refractivity (Wildman–Crippen MR) is 183 cm³/mol. The van der Waals surface area contributed by atoms with E-state index in [1.165, 1.54) is 0 Å². The zero-order valence-electron chi connectivity index (χ0n) is 27.7. The molecular formula is C39H40N4NiO5. The average Bonchev–Trinajstić information content (AvgIpc) is 3.53. The second-order valence-electron chi connectivity index (χ2n) is 12.7. The Morgan fingerprint density at radius 3 is 2.10 bits per heavy atom. The van der Waals surface area contributed by atoms with Gasteiger partial charge < -0.3 is 25.1 Å². The van der Waals surface area contributed by atoms with Gasteiger partial charge in [0.05, 0.1) is 23.4 Å². The van der Waals surface area contributed by atoms with E-state index >= 15 is 0 Å². The molecule has 5 rings (SSSR count). The molecule has 1 heterocycles. The molecule has 256 valence electrons. The molecule has 0 aliphatic carbocycles. The molecule has 49 heavy (non-hydrogen) atoms. The topological polar surface area (TPSA) is 129 Å². The molecule has 1 aliphatic rings. The molecule has 1 amide bonds. The Hall–Kier alpha value is -4.79. The second kappa shape index (κ2) is 17.0. The first-order chi connectivity index (χ1) is 23.1. The molecule has 1 N–H and O–H groups in total. The van der Waals surface area contributed by atoms with Gasteiger partial charge in [-0.25, -0.2) is 4.79 Å². The summed E-state index contributed by atoms with van der Waals surface area (Å²) in [6, 6.07) is 31.8. The summed E-state index contributed by atoms with van der Waals surface area (Å²) in [4.78, 5) is 37.4. The van der Waals surface area contributed by atoms with Gasteiger partial charge in [-0.05, 0) is 63.2 Å². The van der Waals surface area contributed by atoms with Gasteiger partial charge in [-0.2, -0.15) is 0 Å². The van der Waals surface area contributed by atoms with Gasteiger partial charge in [0.1, 0.15) is 11.6 Å². The fourth-order valence-corrected chi connectivity index (χ4v) is 5.82. The smallest absolute Gasteiger partial charge is 0.861 e. The molecule has 10 heteroatoms. The number of aliphatic imine (C=N–C) groups is 2. The number of alkyl carbamates (subject to hydrolysis) is 1. The van der Waals surface area contributed by atoms with Gasteiger partial charge in [-0.1, -0.05) is 109 Å². The van der Waals surface area contributed by atoms with E-state index in [9.17, 15) is 19.8 Å². The number of carbonyl (C=O) groups is 2. The van der Waals surface area contributed by atoms with E-state index in [1.807, 2.05) is 48.5 Å². The van der Waals surface area contributed by atoms with Crippen molar-refractivity contribution in [2.45, 2.75) is 63.9 Å².